The molecule has 1 aliphatic rings. The van der Waals surface area contributed by atoms with Gasteiger partial charge in [0, 0.05) is 5.92 Å². The van der Waals surface area contributed by atoms with Crippen molar-refractivity contribution >= 4 is 35.7 Å². The number of aliphatic carboxylic acids is 1. The Hall–Kier alpha value is -4.98. The van der Waals surface area contributed by atoms with Gasteiger partial charge in [-0.3, -0.25) is 24.0 Å². The minimum Gasteiger partial charge on any atom is -0.480 e. The first kappa shape index (κ1) is 34.5. The Morgan fingerprint density at radius 3 is 1.56 bits per heavy atom. The van der Waals surface area contributed by atoms with Gasteiger partial charge in [-0.25, -0.2) is 4.79 Å². The van der Waals surface area contributed by atoms with Crippen molar-refractivity contribution in [3.05, 3.63) is 59.7 Å². The van der Waals surface area contributed by atoms with Crippen LogP contribution in [-0.4, -0.2) is 88.8 Å². The summed E-state index contributed by atoms with van der Waals surface area (Å²) in [7, 11) is 0. The first-order valence-electron chi connectivity index (χ1n) is 14.4. The fraction of sp³-hybridized carbons (Fsp3) is 0.419. The maximum Gasteiger partial charge on any atom is 0.407 e. The number of nitrogens with one attached hydrogen (secondary N) is 5. The Morgan fingerprint density at radius 2 is 1.07 bits per heavy atom. The fourth-order valence-electron chi connectivity index (χ4n) is 4.74. The number of rotatable bonds is 13. The van der Waals surface area contributed by atoms with E-state index in [1.165, 1.54) is 34.6 Å². The van der Waals surface area contributed by atoms with Crippen LogP contribution in [0.4, 0.5) is 4.79 Å². The molecule has 7 N–H and O–H groups in total. The summed E-state index contributed by atoms with van der Waals surface area (Å²) in [6, 6.07) is 9.57. The second-order valence-corrected chi connectivity index (χ2v) is 10.9. The van der Waals surface area contributed by atoms with Crippen LogP contribution in [0.2, 0.25) is 0 Å². The molecular formula is C31H39N5O9. The quantitative estimate of drug-likeness (QED) is 0.164. The van der Waals surface area contributed by atoms with E-state index >= 15 is 0 Å². The molecule has 0 radical (unpaired) electrons. The molecule has 1 aliphatic carbocycles. The third kappa shape index (κ3) is 8.79. The second-order valence-electron chi connectivity index (χ2n) is 10.9. The van der Waals surface area contributed by atoms with Crippen molar-refractivity contribution in [1.82, 2.24) is 26.6 Å². The van der Waals surface area contributed by atoms with Crippen LogP contribution in [0.15, 0.2) is 48.5 Å². The van der Waals surface area contributed by atoms with Gasteiger partial charge in [0.15, 0.2) is 0 Å². The van der Waals surface area contributed by atoms with Crippen molar-refractivity contribution in [3.63, 3.8) is 0 Å². The third-order valence-electron chi connectivity index (χ3n) is 7.37. The maximum absolute atomic E-state index is 12.8. The van der Waals surface area contributed by atoms with E-state index in [-0.39, 0.29) is 12.5 Å². The molecule has 0 saturated carbocycles. The van der Waals surface area contributed by atoms with E-state index in [4.69, 9.17) is 9.84 Å². The lowest BCUT2D eigenvalue weighted by molar-refractivity contribution is -0.141. The van der Waals surface area contributed by atoms with Gasteiger partial charge in [-0.15, -0.1) is 0 Å². The van der Waals surface area contributed by atoms with Crippen LogP contribution in [0, 0.1) is 0 Å². The van der Waals surface area contributed by atoms with Crippen LogP contribution in [-0.2, 0) is 28.7 Å². The Morgan fingerprint density at radius 1 is 0.644 bits per heavy atom. The summed E-state index contributed by atoms with van der Waals surface area (Å²) in [5.74, 6) is -4.66. The smallest absolute Gasteiger partial charge is 0.407 e. The molecule has 0 spiro atoms. The predicted molar refractivity (Wildman–Crippen MR) is 162 cm³/mol. The lowest BCUT2D eigenvalue weighted by Gasteiger charge is -2.25. The highest BCUT2D eigenvalue weighted by Gasteiger charge is 2.32. The van der Waals surface area contributed by atoms with Crippen molar-refractivity contribution in [2.24, 2.45) is 0 Å². The van der Waals surface area contributed by atoms with E-state index in [1.54, 1.807) is 0 Å². The van der Waals surface area contributed by atoms with Gasteiger partial charge in [0.05, 0.1) is 6.10 Å². The van der Waals surface area contributed by atoms with Crippen LogP contribution >= 0.6 is 0 Å². The van der Waals surface area contributed by atoms with Crippen LogP contribution in [0.1, 0.15) is 51.7 Å². The van der Waals surface area contributed by atoms with Crippen LogP contribution in [0.25, 0.3) is 11.1 Å². The molecule has 5 amide bonds. The zero-order valence-corrected chi connectivity index (χ0v) is 25.6. The molecule has 45 heavy (non-hydrogen) atoms. The van der Waals surface area contributed by atoms with Gasteiger partial charge in [-0.05, 0) is 56.9 Å². The number of fused-ring (bicyclic) bond motifs is 3. The number of benzene rings is 2. The molecule has 0 aliphatic heterocycles. The van der Waals surface area contributed by atoms with Gasteiger partial charge in [-0.1, -0.05) is 48.5 Å². The largest absolute Gasteiger partial charge is 0.480 e. The van der Waals surface area contributed by atoms with Crippen molar-refractivity contribution in [3.8, 4) is 11.1 Å². The van der Waals surface area contributed by atoms with Crippen molar-refractivity contribution in [1.29, 1.82) is 0 Å². The molecule has 0 unspecified atom stereocenters. The molecule has 14 nitrogen and oxygen atoms in total. The molecule has 0 aromatic heterocycles. The summed E-state index contributed by atoms with van der Waals surface area (Å²) in [4.78, 5) is 73.8. The fourth-order valence-corrected chi connectivity index (χ4v) is 4.74. The molecule has 0 heterocycles. The number of aliphatic hydroxyl groups excluding tert-OH is 1. The molecule has 6 atom stereocenters. The number of hydrogen-bond acceptors (Lipinski definition) is 8. The minimum absolute atomic E-state index is 0.0503. The summed E-state index contributed by atoms with van der Waals surface area (Å²) in [5, 5.41) is 30.7. The Balaban J connectivity index is 1.49. The summed E-state index contributed by atoms with van der Waals surface area (Å²) in [6.07, 6.45) is -2.21. The number of ether oxygens (including phenoxy) is 1. The van der Waals surface area contributed by atoms with Crippen molar-refractivity contribution in [2.75, 3.05) is 6.61 Å². The second kappa shape index (κ2) is 15.1. The summed E-state index contributed by atoms with van der Waals surface area (Å²) in [6.45, 7) is 6.59. The van der Waals surface area contributed by atoms with Crippen LogP contribution in [0.5, 0.6) is 0 Å². The molecular weight excluding hydrogens is 586 g/mol. The van der Waals surface area contributed by atoms with Crippen LogP contribution in [0.3, 0.4) is 0 Å². The van der Waals surface area contributed by atoms with E-state index in [1.807, 2.05) is 48.5 Å². The highest BCUT2D eigenvalue weighted by molar-refractivity contribution is 5.95. The zero-order valence-electron chi connectivity index (χ0n) is 25.6. The van der Waals surface area contributed by atoms with Gasteiger partial charge < -0.3 is 41.5 Å². The summed E-state index contributed by atoms with van der Waals surface area (Å²) >= 11 is 0. The molecule has 0 bridgehead atoms. The third-order valence-corrected chi connectivity index (χ3v) is 7.37. The Kier molecular flexibility index (Phi) is 11.6. The molecule has 14 heteroatoms. The van der Waals surface area contributed by atoms with Crippen LogP contribution < -0.4 is 26.6 Å². The van der Waals surface area contributed by atoms with E-state index in [9.17, 15) is 33.9 Å². The maximum atomic E-state index is 12.8. The van der Waals surface area contributed by atoms with Gasteiger partial charge in [-0.2, -0.15) is 0 Å². The van der Waals surface area contributed by atoms with E-state index < -0.39 is 72.0 Å². The Labute approximate surface area is 260 Å². The minimum atomic E-state index is -1.50. The standard InChI is InChI=1S/C31H39N5O9/c1-15(26(38)34-18(4)30(42)43)33-29(41)25(19(5)37)36-28(40)16(2)32-27(39)17(3)35-31(44)45-14-24-22-12-8-6-10-20(22)21-11-7-9-13-23(21)24/h6-13,15-19,24-25,37H,14H2,1-5H3,(H,32,39)(H,33,41)(H,34,38)(H,35,44)(H,36,40)(H,42,43)/t15-,16-,17-,18-,19+,25-/m0/s1. The zero-order chi connectivity index (χ0) is 33.4. The van der Waals surface area contributed by atoms with E-state index in [2.05, 4.69) is 26.6 Å². The Bertz CT molecular complexity index is 1400. The number of carbonyl (C=O) groups is 6. The topological polar surface area (TPSA) is 212 Å². The highest BCUT2D eigenvalue weighted by atomic mass is 16.5. The molecule has 3 rings (SSSR count). The van der Waals surface area contributed by atoms with Gasteiger partial charge in [0.2, 0.25) is 23.6 Å². The highest BCUT2D eigenvalue weighted by Crippen LogP contribution is 2.44. The lowest BCUT2D eigenvalue weighted by atomic mass is 9.98. The summed E-state index contributed by atoms with van der Waals surface area (Å²) < 4.78 is 5.46. The molecule has 242 valence electrons. The molecule has 2 aromatic rings. The molecule has 0 fully saturated rings. The van der Waals surface area contributed by atoms with Crippen molar-refractivity contribution in [2.45, 2.75) is 76.8 Å². The lowest BCUT2D eigenvalue weighted by Crippen LogP contribution is -2.60. The van der Waals surface area contributed by atoms with Gasteiger partial charge in [0.1, 0.15) is 36.8 Å². The normalized spacial score (nSPS) is 15.9. The average molecular weight is 626 g/mol. The van der Waals surface area contributed by atoms with E-state index in [0.29, 0.717) is 0 Å². The SMILES string of the molecule is C[C@H](NC(=O)[C@H](C)NC(=O)[C@@H](NC(=O)[C@H](C)NC(=O)[C@H](C)NC(=O)OCC1c2ccccc2-c2ccccc21)[C@@H](C)O)C(=O)O. The number of alkyl carbamates (subject to hydrolysis) is 1. The average Bonchev–Trinajstić information content (AvgIpc) is 3.31. The number of hydrogen-bond donors (Lipinski definition) is 7. The van der Waals surface area contributed by atoms with Crippen molar-refractivity contribution < 1.29 is 43.7 Å². The first-order chi connectivity index (χ1) is 21.2. The number of amides is 5. The number of carbonyl (C=O) groups excluding carboxylic acids is 5. The monoisotopic (exact) mass is 625 g/mol. The molecule has 2 aromatic carbocycles. The predicted octanol–water partition coefficient (Wildman–Crippen LogP) is 0.378. The van der Waals surface area contributed by atoms with E-state index in [0.717, 1.165) is 22.3 Å². The first-order valence-corrected chi connectivity index (χ1v) is 14.4. The number of carboxylic acids is 1. The van der Waals surface area contributed by atoms with Gasteiger partial charge in [0.25, 0.3) is 0 Å². The summed E-state index contributed by atoms with van der Waals surface area (Å²) in [5.41, 5.74) is 4.21. The molecule has 0 saturated heterocycles. The van der Waals surface area contributed by atoms with Gasteiger partial charge >= 0.3 is 12.1 Å². The number of aliphatic hydroxyl groups is 1. The number of carboxylic acid groups (broad SMARTS) is 1.